The highest BCUT2D eigenvalue weighted by molar-refractivity contribution is 7.13. The maximum atomic E-state index is 12.9. The standard InChI is InChI=1S/C19H17ClN2OS/c20-14-6-3-5-13(11-14)17-8-4-10-22(17)19(23)12-16-15-7-1-2-9-18(15)24-21-16/h1-3,5-7,9,11,17H,4,8,10,12H2. The fourth-order valence-corrected chi connectivity index (χ4v) is 4.43. The van der Waals surface area contributed by atoms with Gasteiger partial charge in [-0.25, -0.2) is 0 Å². The van der Waals surface area contributed by atoms with E-state index in [0.29, 0.717) is 6.42 Å². The number of rotatable bonds is 3. The molecule has 24 heavy (non-hydrogen) atoms. The Morgan fingerprint density at radius 2 is 2.12 bits per heavy atom. The van der Waals surface area contributed by atoms with Gasteiger partial charge in [-0.3, -0.25) is 4.79 Å². The first-order valence-electron chi connectivity index (χ1n) is 8.10. The number of benzene rings is 2. The van der Waals surface area contributed by atoms with Crippen molar-refractivity contribution >= 4 is 39.1 Å². The van der Waals surface area contributed by atoms with E-state index in [9.17, 15) is 4.79 Å². The first-order chi connectivity index (χ1) is 11.7. The molecule has 1 saturated heterocycles. The first-order valence-corrected chi connectivity index (χ1v) is 9.26. The zero-order chi connectivity index (χ0) is 16.5. The zero-order valence-electron chi connectivity index (χ0n) is 13.1. The molecule has 0 N–H and O–H groups in total. The Morgan fingerprint density at radius 3 is 3.00 bits per heavy atom. The van der Waals surface area contributed by atoms with Crippen LogP contribution in [-0.4, -0.2) is 21.7 Å². The van der Waals surface area contributed by atoms with Crippen molar-refractivity contribution in [2.45, 2.75) is 25.3 Å². The van der Waals surface area contributed by atoms with E-state index in [2.05, 4.69) is 10.4 Å². The summed E-state index contributed by atoms with van der Waals surface area (Å²) in [5.41, 5.74) is 2.01. The average Bonchev–Trinajstić information content (AvgIpc) is 3.22. The number of halogens is 1. The molecule has 1 aliphatic heterocycles. The number of nitrogens with zero attached hydrogens (tertiary/aromatic N) is 2. The summed E-state index contributed by atoms with van der Waals surface area (Å²) in [5.74, 6) is 0.147. The van der Waals surface area contributed by atoms with Crippen LogP contribution in [0.4, 0.5) is 0 Å². The predicted octanol–water partition coefficient (Wildman–Crippen LogP) is 4.86. The quantitative estimate of drug-likeness (QED) is 0.671. The van der Waals surface area contributed by atoms with E-state index < -0.39 is 0 Å². The van der Waals surface area contributed by atoms with E-state index in [0.717, 1.165) is 45.8 Å². The van der Waals surface area contributed by atoms with E-state index in [1.54, 1.807) is 0 Å². The number of fused-ring (bicyclic) bond motifs is 1. The summed E-state index contributed by atoms with van der Waals surface area (Å²) >= 11 is 7.58. The SMILES string of the molecule is O=C(Cc1nsc2ccccc12)N1CCCC1c1cccc(Cl)c1. The Bertz CT molecular complexity index is 892. The molecule has 5 heteroatoms. The number of hydrogen-bond donors (Lipinski definition) is 0. The molecule has 0 spiro atoms. The van der Waals surface area contributed by atoms with Crippen molar-refractivity contribution in [3.8, 4) is 0 Å². The van der Waals surface area contributed by atoms with Gasteiger partial charge in [0.25, 0.3) is 0 Å². The Kier molecular flexibility index (Phi) is 4.25. The fraction of sp³-hybridized carbons (Fsp3) is 0.263. The van der Waals surface area contributed by atoms with E-state index in [-0.39, 0.29) is 11.9 Å². The summed E-state index contributed by atoms with van der Waals surface area (Å²) in [4.78, 5) is 14.9. The molecule has 1 aromatic heterocycles. The third-order valence-electron chi connectivity index (χ3n) is 4.58. The van der Waals surface area contributed by atoms with Crippen molar-refractivity contribution in [3.63, 3.8) is 0 Å². The van der Waals surface area contributed by atoms with Gasteiger partial charge in [0.05, 0.1) is 22.9 Å². The predicted molar refractivity (Wildman–Crippen MR) is 98.5 cm³/mol. The molecular formula is C19H17ClN2OS. The third kappa shape index (κ3) is 2.92. The lowest BCUT2D eigenvalue weighted by molar-refractivity contribution is -0.131. The second kappa shape index (κ2) is 6.54. The van der Waals surface area contributed by atoms with Gasteiger partial charge in [-0.1, -0.05) is 41.9 Å². The maximum Gasteiger partial charge on any atom is 0.229 e. The van der Waals surface area contributed by atoms with Gasteiger partial charge in [0.1, 0.15) is 0 Å². The highest BCUT2D eigenvalue weighted by Crippen LogP contribution is 2.34. The lowest BCUT2D eigenvalue weighted by atomic mass is 10.0. The van der Waals surface area contributed by atoms with Crippen LogP contribution in [0.2, 0.25) is 5.02 Å². The molecule has 3 nitrogen and oxygen atoms in total. The second-order valence-corrected chi connectivity index (χ2v) is 7.34. The summed E-state index contributed by atoms with van der Waals surface area (Å²) < 4.78 is 5.62. The summed E-state index contributed by atoms with van der Waals surface area (Å²) in [6, 6.07) is 16.1. The summed E-state index contributed by atoms with van der Waals surface area (Å²) in [7, 11) is 0. The van der Waals surface area contributed by atoms with Crippen LogP contribution in [0.1, 0.15) is 30.1 Å². The highest BCUT2D eigenvalue weighted by atomic mass is 35.5. The van der Waals surface area contributed by atoms with Crippen LogP contribution in [0.5, 0.6) is 0 Å². The topological polar surface area (TPSA) is 33.2 Å². The first kappa shape index (κ1) is 15.6. The van der Waals surface area contributed by atoms with Crippen LogP contribution < -0.4 is 0 Å². The van der Waals surface area contributed by atoms with Gasteiger partial charge in [-0.05, 0) is 48.1 Å². The maximum absolute atomic E-state index is 12.9. The average molecular weight is 357 g/mol. The van der Waals surface area contributed by atoms with Gasteiger partial charge in [0.15, 0.2) is 0 Å². The smallest absolute Gasteiger partial charge is 0.229 e. The largest absolute Gasteiger partial charge is 0.335 e. The number of likely N-dealkylation sites (tertiary alicyclic amines) is 1. The van der Waals surface area contributed by atoms with Crippen molar-refractivity contribution in [2.75, 3.05) is 6.54 Å². The van der Waals surface area contributed by atoms with Crippen LogP contribution in [0, 0.1) is 0 Å². The molecule has 2 aromatic carbocycles. The summed E-state index contributed by atoms with van der Waals surface area (Å²) in [6.45, 7) is 0.804. The van der Waals surface area contributed by atoms with Crippen molar-refractivity contribution in [2.24, 2.45) is 0 Å². The monoisotopic (exact) mass is 356 g/mol. The Balaban J connectivity index is 1.57. The minimum absolute atomic E-state index is 0.126. The molecule has 1 amide bonds. The summed E-state index contributed by atoms with van der Waals surface area (Å²) in [6.07, 6.45) is 2.38. The molecule has 1 aliphatic rings. The van der Waals surface area contributed by atoms with Crippen molar-refractivity contribution in [1.82, 2.24) is 9.27 Å². The van der Waals surface area contributed by atoms with Crippen LogP contribution in [0.3, 0.4) is 0 Å². The van der Waals surface area contributed by atoms with Gasteiger partial charge in [0.2, 0.25) is 5.91 Å². The normalized spacial score (nSPS) is 17.5. The van der Waals surface area contributed by atoms with Crippen molar-refractivity contribution in [3.05, 3.63) is 64.8 Å². The number of amides is 1. The minimum Gasteiger partial charge on any atom is -0.335 e. The molecule has 1 unspecified atom stereocenters. The lowest BCUT2D eigenvalue weighted by Gasteiger charge is -2.25. The van der Waals surface area contributed by atoms with Crippen LogP contribution in [-0.2, 0) is 11.2 Å². The zero-order valence-corrected chi connectivity index (χ0v) is 14.7. The van der Waals surface area contributed by atoms with E-state index in [4.69, 9.17) is 11.6 Å². The number of hydrogen-bond acceptors (Lipinski definition) is 3. The molecule has 0 saturated carbocycles. The van der Waals surface area contributed by atoms with Crippen LogP contribution in [0.25, 0.3) is 10.1 Å². The van der Waals surface area contributed by atoms with Gasteiger partial charge >= 0.3 is 0 Å². The molecular weight excluding hydrogens is 340 g/mol. The molecule has 1 atom stereocenters. The Morgan fingerprint density at radius 1 is 1.25 bits per heavy atom. The second-order valence-electron chi connectivity index (χ2n) is 6.10. The van der Waals surface area contributed by atoms with E-state index >= 15 is 0 Å². The van der Waals surface area contributed by atoms with E-state index in [1.807, 2.05) is 47.4 Å². The molecule has 1 fully saturated rings. The molecule has 4 rings (SSSR count). The van der Waals surface area contributed by atoms with E-state index in [1.165, 1.54) is 11.5 Å². The molecule has 0 radical (unpaired) electrons. The van der Waals surface area contributed by atoms with Gasteiger partial charge in [-0.2, -0.15) is 4.37 Å². The van der Waals surface area contributed by atoms with Gasteiger partial charge < -0.3 is 4.90 Å². The highest BCUT2D eigenvalue weighted by Gasteiger charge is 2.30. The number of aromatic nitrogens is 1. The van der Waals surface area contributed by atoms with Crippen LogP contribution in [0.15, 0.2) is 48.5 Å². The molecule has 0 bridgehead atoms. The number of carbonyl (C=O) groups excluding carboxylic acids is 1. The summed E-state index contributed by atoms with van der Waals surface area (Å²) in [5, 5.41) is 1.81. The van der Waals surface area contributed by atoms with Gasteiger partial charge in [-0.15, -0.1) is 0 Å². The molecule has 0 aliphatic carbocycles. The Hall–Kier alpha value is -1.91. The molecule has 3 aromatic rings. The molecule has 122 valence electrons. The van der Waals surface area contributed by atoms with Crippen LogP contribution >= 0.6 is 23.1 Å². The molecule has 2 heterocycles. The Labute approximate surface area is 150 Å². The number of carbonyl (C=O) groups is 1. The van der Waals surface area contributed by atoms with Gasteiger partial charge in [0, 0.05) is 17.0 Å². The fourth-order valence-electron chi connectivity index (χ4n) is 3.44. The minimum atomic E-state index is 0.126. The third-order valence-corrected chi connectivity index (χ3v) is 5.68. The van der Waals surface area contributed by atoms with Crippen molar-refractivity contribution in [1.29, 1.82) is 0 Å². The van der Waals surface area contributed by atoms with Crippen molar-refractivity contribution < 1.29 is 4.79 Å². The lowest BCUT2D eigenvalue weighted by Crippen LogP contribution is -2.31.